The van der Waals surface area contributed by atoms with Crippen molar-refractivity contribution in [3.8, 4) is 11.3 Å². The van der Waals surface area contributed by atoms with E-state index in [1.807, 2.05) is 24.3 Å². The number of rotatable bonds is 5. The number of aromatic amines is 1. The van der Waals surface area contributed by atoms with E-state index >= 15 is 0 Å². The predicted molar refractivity (Wildman–Crippen MR) is 109 cm³/mol. The number of H-pyrrole nitrogens is 1. The summed E-state index contributed by atoms with van der Waals surface area (Å²) in [5.74, 6) is -0.731. The Morgan fingerprint density at radius 2 is 1.67 bits per heavy atom. The standard InChI is InChI=1S/C21H15F2N7/c22-13-7-12(8-14(23)9-13)18-17(29-15-3-1-2-4-16(15)30-18)5-6-24-20-19-21(26-10-25-19)28-11-27-20/h1-4,7-11H,5-6H2,(H2,24,25,26,27,28). The summed E-state index contributed by atoms with van der Waals surface area (Å²) in [4.78, 5) is 24.8. The second kappa shape index (κ2) is 7.43. The molecule has 0 radical (unpaired) electrons. The summed E-state index contributed by atoms with van der Waals surface area (Å²) in [7, 11) is 0. The van der Waals surface area contributed by atoms with E-state index in [0.29, 0.717) is 57.9 Å². The molecule has 5 aromatic rings. The van der Waals surface area contributed by atoms with E-state index < -0.39 is 11.6 Å². The van der Waals surface area contributed by atoms with E-state index in [-0.39, 0.29) is 0 Å². The fraction of sp³-hybridized carbons (Fsp3) is 0.0952. The maximum absolute atomic E-state index is 13.8. The maximum atomic E-state index is 13.8. The number of imidazole rings is 1. The minimum atomic E-state index is -0.661. The normalized spacial score (nSPS) is 11.3. The molecule has 0 unspecified atom stereocenters. The van der Waals surface area contributed by atoms with E-state index in [4.69, 9.17) is 4.98 Å². The van der Waals surface area contributed by atoms with Crippen LogP contribution in [-0.2, 0) is 6.42 Å². The summed E-state index contributed by atoms with van der Waals surface area (Å²) in [5.41, 5.74) is 4.05. The Labute approximate surface area is 169 Å². The van der Waals surface area contributed by atoms with E-state index in [9.17, 15) is 8.78 Å². The van der Waals surface area contributed by atoms with Gasteiger partial charge >= 0.3 is 0 Å². The number of nitrogens with zero attached hydrogens (tertiary/aromatic N) is 5. The van der Waals surface area contributed by atoms with Gasteiger partial charge in [-0.3, -0.25) is 0 Å². The van der Waals surface area contributed by atoms with Crippen molar-refractivity contribution in [3.05, 3.63) is 72.4 Å². The molecular formula is C21H15F2N7. The van der Waals surface area contributed by atoms with Crippen LogP contribution in [0.2, 0.25) is 0 Å². The molecule has 0 bridgehead atoms. The monoisotopic (exact) mass is 403 g/mol. The second-order valence-electron chi connectivity index (χ2n) is 6.66. The van der Waals surface area contributed by atoms with Gasteiger partial charge in [0, 0.05) is 24.6 Å². The zero-order valence-electron chi connectivity index (χ0n) is 15.6. The van der Waals surface area contributed by atoms with Gasteiger partial charge in [0.25, 0.3) is 0 Å². The molecule has 3 aromatic heterocycles. The predicted octanol–water partition coefficient (Wildman–Crippen LogP) is 3.90. The average molecular weight is 403 g/mol. The van der Waals surface area contributed by atoms with Gasteiger partial charge in [0.2, 0.25) is 0 Å². The van der Waals surface area contributed by atoms with Crippen LogP contribution in [0.5, 0.6) is 0 Å². The fourth-order valence-corrected chi connectivity index (χ4v) is 3.33. The lowest BCUT2D eigenvalue weighted by Gasteiger charge is -2.11. The van der Waals surface area contributed by atoms with Crippen molar-refractivity contribution in [2.24, 2.45) is 0 Å². The van der Waals surface area contributed by atoms with E-state index in [1.165, 1.54) is 18.5 Å². The summed E-state index contributed by atoms with van der Waals surface area (Å²) in [5, 5.41) is 3.22. The molecule has 0 spiro atoms. The number of para-hydroxylation sites is 2. The minimum Gasteiger partial charge on any atom is -0.368 e. The molecule has 9 heteroatoms. The third kappa shape index (κ3) is 3.41. The molecule has 0 aliphatic heterocycles. The molecule has 30 heavy (non-hydrogen) atoms. The van der Waals surface area contributed by atoms with Crippen LogP contribution in [0, 0.1) is 11.6 Å². The Morgan fingerprint density at radius 1 is 0.900 bits per heavy atom. The molecule has 2 aromatic carbocycles. The van der Waals surface area contributed by atoms with Gasteiger partial charge in [0.05, 0.1) is 28.7 Å². The zero-order valence-corrected chi connectivity index (χ0v) is 15.6. The zero-order chi connectivity index (χ0) is 20.5. The van der Waals surface area contributed by atoms with E-state index in [2.05, 4.69) is 30.2 Å². The van der Waals surface area contributed by atoms with Crippen LogP contribution in [0.1, 0.15) is 5.69 Å². The van der Waals surface area contributed by atoms with E-state index in [0.717, 1.165) is 6.07 Å². The lowest BCUT2D eigenvalue weighted by Crippen LogP contribution is -2.10. The fourth-order valence-electron chi connectivity index (χ4n) is 3.33. The smallest absolute Gasteiger partial charge is 0.162 e. The van der Waals surface area contributed by atoms with Crippen LogP contribution in [0.15, 0.2) is 55.1 Å². The second-order valence-corrected chi connectivity index (χ2v) is 6.66. The SMILES string of the molecule is Fc1cc(F)cc(-c2nc3ccccc3nc2CCNc2ncnc3[nH]cnc23)c1. The molecule has 0 aliphatic carbocycles. The topological polar surface area (TPSA) is 92.3 Å². The van der Waals surface area contributed by atoms with Gasteiger partial charge in [0.1, 0.15) is 23.5 Å². The van der Waals surface area contributed by atoms with Crippen molar-refractivity contribution in [1.82, 2.24) is 29.9 Å². The lowest BCUT2D eigenvalue weighted by atomic mass is 10.1. The highest BCUT2D eigenvalue weighted by molar-refractivity contribution is 5.82. The third-order valence-corrected chi connectivity index (χ3v) is 4.65. The van der Waals surface area contributed by atoms with Crippen molar-refractivity contribution in [2.45, 2.75) is 6.42 Å². The first-order valence-electron chi connectivity index (χ1n) is 9.27. The van der Waals surface area contributed by atoms with Gasteiger partial charge in [-0.1, -0.05) is 12.1 Å². The van der Waals surface area contributed by atoms with Crippen molar-refractivity contribution in [2.75, 3.05) is 11.9 Å². The highest BCUT2D eigenvalue weighted by atomic mass is 19.1. The van der Waals surface area contributed by atoms with E-state index in [1.54, 1.807) is 6.33 Å². The first-order valence-corrected chi connectivity index (χ1v) is 9.27. The first kappa shape index (κ1) is 18.0. The Bertz CT molecular complexity index is 1350. The van der Waals surface area contributed by atoms with Crippen molar-refractivity contribution >= 4 is 28.0 Å². The van der Waals surface area contributed by atoms with Crippen molar-refractivity contribution in [3.63, 3.8) is 0 Å². The van der Waals surface area contributed by atoms with Gasteiger partial charge in [-0.25, -0.2) is 33.7 Å². The van der Waals surface area contributed by atoms with Crippen LogP contribution < -0.4 is 5.32 Å². The summed E-state index contributed by atoms with van der Waals surface area (Å²) < 4.78 is 27.7. The highest BCUT2D eigenvalue weighted by Crippen LogP contribution is 2.26. The van der Waals surface area contributed by atoms with Crippen LogP contribution in [-0.4, -0.2) is 36.4 Å². The van der Waals surface area contributed by atoms with Crippen LogP contribution in [0.25, 0.3) is 33.5 Å². The third-order valence-electron chi connectivity index (χ3n) is 4.65. The molecule has 0 saturated carbocycles. The quantitative estimate of drug-likeness (QED) is 0.462. The molecular weight excluding hydrogens is 388 g/mol. The molecule has 5 rings (SSSR count). The largest absolute Gasteiger partial charge is 0.368 e. The number of hydrogen-bond donors (Lipinski definition) is 2. The Kier molecular flexibility index (Phi) is 4.47. The van der Waals surface area contributed by atoms with Gasteiger partial charge in [-0.15, -0.1) is 0 Å². The summed E-state index contributed by atoms with van der Waals surface area (Å²) in [6, 6.07) is 10.7. The van der Waals surface area contributed by atoms with Crippen molar-refractivity contribution < 1.29 is 8.78 Å². The molecule has 0 atom stereocenters. The van der Waals surface area contributed by atoms with Crippen LogP contribution in [0.4, 0.5) is 14.6 Å². The Balaban J connectivity index is 1.50. The summed E-state index contributed by atoms with van der Waals surface area (Å²) >= 11 is 0. The summed E-state index contributed by atoms with van der Waals surface area (Å²) in [6.45, 7) is 0.469. The molecule has 3 heterocycles. The molecule has 0 aliphatic rings. The number of benzene rings is 2. The van der Waals surface area contributed by atoms with Crippen LogP contribution in [0.3, 0.4) is 0 Å². The molecule has 2 N–H and O–H groups in total. The number of hydrogen-bond acceptors (Lipinski definition) is 6. The van der Waals surface area contributed by atoms with Gasteiger partial charge in [-0.2, -0.15) is 0 Å². The molecule has 7 nitrogen and oxygen atoms in total. The molecule has 0 amide bonds. The molecule has 0 saturated heterocycles. The number of fused-ring (bicyclic) bond motifs is 2. The molecule has 148 valence electrons. The highest BCUT2D eigenvalue weighted by Gasteiger charge is 2.14. The van der Waals surface area contributed by atoms with Gasteiger partial charge < -0.3 is 10.3 Å². The van der Waals surface area contributed by atoms with Gasteiger partial charge in [0.15, 0.2) is 11.5 Å². The Morgan fingerprint density at radius 3 is 2.47 bits per heavy atom. The number of halogens is 2. The lowest BCUT2D eigenvalue weighted by molar-refractivity contribution is 0.584. The van der Waals surface area contributed by atoms with Crippen molar-refractivity contribution in [1.29, 1.82) is 0 Å². The molecule has 0 fully saturated rings. The van der Waals surface area contributed by atoms with Gasteiger partial charge in [-0.05, 0) is 24.3 Å². The average Bonchev–Trinajstić information content (AvgIpc) is 3.22. The first-order chi connectivity index (χ1) is 14.7. The Hall–Kier alpha value is -4.01. The maximum Gasteiger partial charge on any atom is 0.162 e. The number of aromatic nitrogens is 6. The number of anilines is 1. The van der Waals surface area contributed by atoms with Crippen LogP contribution >= 0.6 is 0 Å². The summed E-state index contributed by atoms with van der Waals surface area (Å²) in [6.07, 6.45) is 3.46. The number of nitrogens with one attached hydrogen (secondary N) is 2. The minimum absolute atomic E-state index is 0.345.